The number of hydrogen-bond donors (Lipinski definition) is 3. The Bertz CT molecular complexity index is 2300. The second kappa shape index (κ2) is 36.1. The molecule has 17 nitrogen and oxygen atoms in total. The quantitative estimate of drug-likeness (QED) is 0.0333. The van der Waals surface area contributed by atoms with Crippen molar-refractivity contribution in [1.82, 2.24) is 10.6 Å². The third-order valence-electron chi connectivity index (χ3n) is 15.8. The first-order valence-electron chi connectivity index (χ1n) is 30.6. The Morgan fingerprint density at radius 3 is 1.49 bits per heavy atom. The molecule has 3 rings (SSSR count). The van der Waals surface area contributed by atoms with Crippen LogP contribution >= 0.6 is 0 Å². The molecule has 1 aliphatic rings. The predicted octanol–water partition coefficient (Wildman–Crippen LogP) is 13.0. The van der Waals surface area contributed by atoms with Crippen LogP contribution in [0.1, 0.15) is 180 Å². The molecule has 0 aliphatic carbocycles. The number of methoxy groups -OCH3 is 4. The normalized spacial score (nSPS) is 16.9. The summed E-state index contributed by atoms with van der Waals surface area (Å²) in [5, 5.41) is 17.7. The van der Waals surface area contributed by atoms with Crippen molar-refractivity contribution >= 4 is 29.7 Å². The van der Waals surface area contributed by atoms with Gasteiger partial charge in [0, 0.05) is 58.0 Å². The zero-order valence-corrected chi connectivity index (χ0v) is 55.5. The molecule has 1 fully saturated rings. The Morgan fingerprint density at radius 1 is 0.631 bits per heavy atom. The average molecular weight is 1190 g/mol. The highest BCUT2D eigenvalue weighted by atomic mass is 16.6. The minimum absolute atomic E-state index is 0.0210. The number of carbonyl (C=O) groups excluding carboxylic acids is 5. The fourth-order valence-electron chi connectivity index (χ4n) is 10.1. The van der Waals surface area contributed by atoms with E-state index in [0.717, 1.165) is 30.4 Å². The zero-order chi connectivity index (χ0) is 63.7. The number of esters is 1. The van der Waals surface area contributed by atoms with E-state index in [0.29, 0.717) is 87.4 Å². The highest BCUT2D eigenvalue weighted by molar-refractivity contribution is 5.84. The maximum absolute atomic E-state index is 13.4. The number of ketones is 2. The number of aliphatic hydroxyl groups is 1. The molecule has 0 spiro atoms. The largest absolute Gasteiger partial charge is 0.493 e. The molecule has 0 saturated carbocycles. The Balaban J connectivity index is 0.000000583. The Kier molecular flexibility index (Phi) is 32.2. The molecular weight excluding hydrogens is 1070 g/mol. The molecule has 2 amide bonds. The van der Waals surface area contributed by atoms with Crippen LogP contribution in [-0.2, 0) is 50.9 Å². The summed E-state index contributed by atoms with van der Waals surface area (Å²) in [5.74, 6) is 2.99. The van der Waals surface area contributed by atoms with Crippen LogP contribution in [0, 0.1) is 52.8 Å². The highest BCUT2D eigenvalue weighted by Crippen LogP contribution is 2.37. The summed E-state index contributed by atoms with van der Waals surface area (Å²) in [6.07, 6.45) is 3.14. The second-order valence-corrected chi connectivity index (χ2v) is 26.9. The molecule has 0 bridgehead atoms. The minimum atomic E-state index is -0.985. The molecule has 1 saturated heterocycles. The maximum Gasteiger partial charge on any atom is 0.408 e. The lowest BCUT2D eigenvalue weighted by molar-refractivity contribution is -0.146. The molecule has 1 aliphatic heterocycles. The van der Waals surface area contributed by atoms with Crippen molar-refractivity contribution in [1.29, 1.82) is 0 Å². The zero-order valence-electron chi connectivity index (χ0n) is 55.5. The maximum atomic E-state index is 13.4. The van der Waals surface area contributed by atoms with Crippen LogP contribution in [0.25, 0.3) is 0 Å². The summed E-state index contributed by atoms with van der Waals surface area (Å²) in [4.78, 5) is 63.8. The number of hydrogen-bond acceptors (Lipinski definition) is 15. The van der Waals surface area contributed by atoms with Crippen LogP contribution in [0.4, 0.5) is 9.59 Å². The molecule has 2 aromatic carbocycles. The van der Waals surface area contributed by atoms with E-state index in [2.05, 4.69) is 44.4 Å². The van der Waals surface area contributed by atoms with Gasteiger partial charge in [-0.05, 0) is 164 Å². The van der Waals surface area contributed by atoms with Gasteiger partial charge in [-0.25, -0.2) is 9.59 Å². The van der Waals surface area contributed by atoms with Gasteiger partial charge < -0.3 is 58.4 Å². The molecule has 480 valence electrons. The van der Waals surface area contributed by atoms with E-state index < -0.39 is 46.9 Å². The van der Waals surface area contributed by atoms with Gasteiger partial charge in [0.1, 0.15) is 28.9 Å². The van der Waals surface area contributed by atoms with Crippen LogP contribution in [0.3, 0.4) is 0 Å². The van der Waals surface area contributed by atoms with Gasteiger partial charge in [-0.3, -0.25) is 14.4 Å². The van der Waals surface area contributed by atoms with Crippen molar-refractivity contribution in [3.63, 3.8) is 0 Å². The predicted molar refractivity (Wildman–Crippen MR) is 330 cm³/mol. The smallest absolute Gasteiger partial charge is 0.408 e. The van der Waals surface area contributed by atoms with E-state index >= 15 is 0 Å². The van der Waals surface area contributed by atoms with Crippen molar-refractivity contribution < 1.29 is 71.7 Å². The summed E-state index contributed by atoms with van der Waals surface area (Å²) in [5.41, 5.74) is 0.250. The first-order valence-corrected chi connectivity index (χ1v) is 30.6. The minimum Gasteiger partial charge on any atom is -0.493 e. The Labute approximate surface area is 505 Å². The van der Waals surface area contributed by atoms with Crippen LogP contribution in [-0.4, -0.2) is 125 Å². The van der Waals surface area contributed by atoms with E-state index in [1.807, 2.05) is 92.6 Å². The fourth-order valence-corrected chi connectivity index (χ4v) is 10.1. The Hall–Kier alpha value is -5.13. The van der Waals surface area contributed by atoms with Crippen molar-refractivity contribution in [2.45, 2.75) is 217 Å². The summed E-state index contributed by atoms with van der Waals surface area (Å²) < 4.78 is 50.2. The number of Topliss-reactive ketones (excluding diaryl/α,β-unsaturated/α-hetero) is 2. The van der Waals surface area contributed by atoms with Crippen molar-refractivity contribution in [2.75, 3.05) is 54.9 Å². The monoisotopic (exact) mass is 1180 g/mol. The number of cyclic esters (lactones) is 1. The molecule has 0 unspecified atom stereocenters. The van der Waals surface area contributed by atoms with E-state index in [-0.39, 0.29) is 78.0 Å². The van der Waals surface area contributed by atoms with Gasteiger partial charge in [0.15, 0.2) is 23.0 Å². The molecule has 17 heteroatoms. The number of ether oxygens (including phenoxy) is 9. The highest BCUT2D eigenvalue weighted by Gasteiger charge is 2.42. The second-order valence-electron chi connectivity index (χ2n) is 26.9. The van der Waals surface area contributed by atoms with Crippen molar-refractivity contribution in [3.05, 3.63) is 47.5 Å². The molecule has 0 radical (unpaired) electrons. The van der Waals surface area contributed by atoms with Crippen molar-refractivity contribution in [2.24, 2.45) is 52.8 Å². The molecular formula is C67H112N2O15. The van der Waals surface area contributed by atoms with E-state index in [9.17, 15) is 29.1 Å². The lowest BCUT2D eigenvalue weighted by Gasteiger charge is -2.33. The number of amides is 2. The van der Waals surface area contributed by atoms with Gasteiger partial charge in [-0.2, -0.15) is 0 Å². The molecule has 2 aromatic rings. The lowest BCUT2D eigenvalue weighted by atomic mass is 9.77. The summed E-state index contributed by atoms with van der Waals surface area (Å²) in [6, 6.07) is 10.9. The van der Waals surface area contributed by atoms with Crippen LogP contribution in [0.2, 0.25) is 0 Å². The summed E-state index contributed by atoms with van der Waals surface area (Å²) in [7, 11) is 6.58. The number of rotatable bonds is 35. The number of carbonyl (C=O) groups is 5. The first kappa shape index (κ1) is 75.0. The fraction of sp³-hybridized carbons (Fsp3) is 0.746. The standard InChI is InChI=1S/C37H63NO8.C30H49NO7/c1-24(2)28(20-27-14-15-33(44-12)34(21-27)45-19-13-18-43-11)22-30(38-35(42)46-36(6,7)8)32(41)23-29(25(3)4)31(40)16-17-37(9,10)26(5)39;1-19(2)22(15-21-11-12-25(35-9)27(16-21)36-14-10-13-34-8)17-24(31-29(33)38-30(5,6)7)26-18-23(20(3)4)28(32)37-26/h14-15,21,24-25,28-30,32,41H,13,16-20,22-23H2,1-12H3,(H,38,42);11-12,16,19-20,22-24,26H,10,13-15,17-18H2,1-9H3,(H,31,33)/t28-,29-,30-,32-;22-,23-,24-,26-/m00/s1. The molecule has 1 heterocycles. The van der Waals surface area contributed by atoms with Crippen LogP contribution < -0.4 is 29.6 Å². The van der Waals surface area contributed by atoms with E-state index in [1.54, 1.807) is 56.1 Å². The van der Waals surface area contributed by atoms with Gasteiger partial charge in [0.25, 0.3) is 0 Å². The third kappa shape index (κ3) is 27.5. The van der Waals surface area contributed by atoms with Crippen molar-refractivity contribution in [3.8, 4) is 23.0 Å². The summed E-state index contributed by atoms with van der Waals surface area (Å²) >= 11 is 0. The third-order valence-corrected chi connectivity index (χ3v) is 15.8. The van der Waals surface area contributed by atoms with Crippen LogP contribution in [0.5, 0.6) is 23.0 Å². The van der Waals surface area contributed by atoms with Gasteiger partial charge in [0.2, 0.25) is 0 Å². The van der Waals surface area contributed by atoms with Gasteiger partial charge in [-0.1, -0.05) is 81.4 Å². The summed E-state index contributed by atoms with van der Waals surface area (Å²) in [6.45, 7) is 35.0. The average Bonchev–Trinajstić information content (AvgIpc) is 4.05. The first-order chi connectivity index (χ1) is 39.1. The molecule has 0 aromatic heterocycles. The lowest BCUT2D eigenvalue weighted by Crippen LogP contribution is -2.48. The topological polar surface area (TPSA) is 213 Å². The molecule has 3 N–H and O–H groups in total. The number of nitrogens with one attached hydrogen (secondary N) is 2. The van der Waals surface area contributed by atoms with Gasteiger partial charge >= 0.3 is 18.2 Å². The van der Waals surface area contributed by atoms with Gasteiger partial charge in [0.05, 0.1) is 51.5 Å². The van der Waals surface area contributed by atoms with E-state index in [1.165, 1.54) is 0 Å². The van der Waals surface area contributed by atoms with E-state index in [4.69, 9.17) is 42.6 Å². The molecule has 84 heavy (non-hydrogen) atoms. The number of alkyl carbamates (subject to hydrolysis) is 2. The Morgan fingerprint density at radius 2 is 1.10 bits per heavy atom. The number of benzene rings is 2. The number of aliphatic hydroxyl groups excluding tert-OH is 1. The molecule has 8 atom stereocenters. The SMILES string of the molecule is COCCCOc1cc(C[C@@H](C[C@H](NC(=O)OC(C)(C)C)[C@@H](O)C[C@H](C(=O)CCC(C)(C)C(C)=O)C(C)C)C(C)C)ccc1OC.COCCCOc1cc(C[C@@H](C[C@H](NC(=O)OC(C)(C)C)[C@@H]2C[C@@H](C(C)C)C(=O)O2)C(C)C)ccc1OC. The van der Waals surface area contributed by atoms with Crippen LogP contribution in [0.15, 0.2) is 36.4 Å². The van der Waals surface area contributed by atoms with Gasteiger partial charge in [-0.15, -0.1) is 0 Å².